The molecule has 0 aliphatic carbocycles. The average Bonchev–Trinajstić information content (AvgIpc) is 2.94. The fourth-order valence-corrected chi connectivity index (χ4v) is 6.18. The molecule has 0 aliphatic rings. The van der Waals surface area contributed by atoms with Gasteiger partial charge in [-0.05, 0) is 62.6 Å². The van der Waals surface area contributed by atoms with Crippen molar-refractivity contribution in [1.29, 1.82) is 0 Å². The molecule has 0 unspecified atom stereocenters. The third kappa shape index (κ3) is 8.51. The highest BCUT2D eigenvalue weighted by molar-refractivity contribution is 7.92. The summed E-state index contributed by atoms with van der Waals surface area (Å²) in [7, 11) is -4.55. The lowest BCUT2D eigenvalue weighted by molar-refractivity contribution is -0.140. The Morgan fingerprint density at radius 2 is 1.63 bits per heavy atom. The molecule has 3 aromatic carbocycles. The van der Waals surface area contributed by atoms with E-state index in [0.29, 0.717) is 28.9 Å². The van der Waals surface area contributed by atoms with Crippen LogP contribution in [0.15, 0.2) is 71.6 Å². The summed E-state index contributed by atoms with van der Waals surface area (Å²) in [5, 5.41) is 2.17. The van der Waals surface area contributed by atoms with Crippen LogP contribution in [0.3, 0.4) is 0 Å². The lowest BCUT2D eigenvalue weighted by Crippen LogP contribution is -2.52. The number of hydrogen-bond acceptors (Lipinski definition) is 4. The second-order valence-corrected chi connectivity index (χ2v) is 12.5. The molecule has 3 aromatic rings. The van der Waals surface area contributed by atoms with Crippen LogP contribution in [0.25, 0.3) is 0 Å². The van der Waals surface area contributed by atoms with Crippen molar-refractivity contribution in [2.24, 2.45) is 0 Å². The molecule has 0 saturated heterocycles. The quantitative estimate of drug-likeness (QED) is 0.246. The molecule has 2 amide bonds. The summed E-state index contributed by atoms with van der Waals surface area (Å²) < 4.78 is 69.9. The molecule has 0 saturated carbocycles. The van der Waals surface area contributed by atoms with Crippen LogP contribution < -0.4 is 9.62 Å². The maximum absolute atomic E-state index is 14.1. The van der Waals surface area contributed by atoms with Crippen molar-refractivity contribution in [3.8, 4) is 0 Å². The van der Waals surface area contributed by atoms with Crippen LogP contribution in [0.1, 0.15) is 48.9 Å². The Labute approximate surface area is 255 Å². The maximum Gasteiger partial charge on any atom is 0.417 e. The number of alkyl halides is 3. The molecular weight excluding hydrogens is 603 g/mol. The molecule has 232 valence electrons. The second kappa shape index (κ2) is 14.3. The second-order valence-electron chi connectivity index (χ2n) is 10.2. The maximum atomic E-state index is 14.1. The van der Waals surface area contributed by atoms with Crippen LogP contribution in [0, 0.1) is 13.8 Å². The van der Waals surface area contributed by atoms with E-state index >= 15 is 0 Å². The van der Waals surface area contributed by atoms with Gasteiger partial charge in [0.05, 0.1) is 21.2 Å². The molecule has 1 atom stereocenters. The van der Waals surface area contributed by atoms with Gasteiger partial charge in [-0.25, -0.2) is 8.42 Å². The van der Waals surface area contributed by atoms with Crippen LogP contribution in [0.4, 0.5) is 18.9 Å². The van der Waals surface area contributed by atoms with Gasteiger partial charge in [0, 0.05) is 13.1 Å². The van der Waals surface area contributed by atoms with Crippen molar-refractivity contribution in [3.05, 3.63) is 94.0 Å². The zero-order chi connectivity index (χ0) is 31.9. The third-order valence-electron chi connectivity index (χ3n) is 6.80. The molecule has 0 radical (unpaired) electrons. The van der Waals surface area contributed by atoms with Gasteiger partial charge in [0.1, 0.15) is 12.6 Å². The number of benzene rings is 3. The van der Waals surface area contributed by atoms with E-state index in [-0.39, 0.29) is 17.9 Å². The zero-order valence-corrected chi connectivity index (χ0v) is 26.0. The zero-order valence-electron chi connectivity index (χ0n) is 24.4. The van der Waals surface area contributed by atoms with Crippen molar-refractivity contribution in [1.82, 2.24) is 10.2 Å². The fraction of sp³-hybridized carbons (Fsp3) is 0.355. The number of carbonyl (C=O) groups is 2. The molecule has 12 heteroatoms. The minimum Gasteiger partial charge on any atom is -0.354 e. The number of sulfonamides is 1. The van der Waals surface area contributed by atoms with Gasteiger partial charge in [0.2, 0.25) is 11.8 Å². The van der Waals surface area contributed by atoms with Crippen LogP contribution in [0.2, 0.25) is 5.02 Å². The molecule has 0 spiro atoms. The van der Waals surface area contributed by atoms with Crippen LogP contribution in [0.5, 0.6) is 0 Å². The summed E-state index contributed by atoms with van der Waals surface area (Å²) in [6.07, 6.45) is -4.00. The number of nitrogens with zero attached hydrogens (tertiary/aromatic N) is 2. The predicted molar refractivity (Wildman–Crippen MR) is 161 cm³/mol. The van der Waals surface area contributed by atoms with Gasteiger partial charge in [0.15, 0.2) is 0 Å². The first kappa shape index (κ1) is 33.9. The van der Waals surface area contributed by atoms with E-state index < -0.39 is 56.9 Å². The van der Waals surface area contributed by atoms with Crippen molar-refractivity contribution in [2.45, 2.75) is 64.2 Å². The highest BCUT2D eigenvalue weighted by Crippen LogP contribution is 2.38. The molecule has 0 fully saturated rings. The minimum atomic E-state index is -4.88. The van der Waals surface area contributed by atoms with E-state index in [9.17, 15) is 31.2 Å². The van der Waals surface area contributed by atoms with Gasteiger partial charge < -0.3 is 10.2 Å². The normalized spacial score (nSPS) is 12.5. The highest BCUT2D eigenvalue weighted by atomic mass is 35.5. The number of halogens is 4. The smallest absolute Gasteiger partial charge is 0.354 e. The standard InChI is InChI=1S/C31H35ClF3N3O4S/c1-5-16-36-30(40)28(6-2)37(19-23-9-7-8-22(4)17-23)29(39)20-38(43(41,42)25-13-10-21(3)11-14-25)24-12-15-27(32)26(18-24)31(33,34)35/h7-15,17-18,28H,5-6,16,19-20H2,1-4H3,(H,36,40)/t28-/m0/s1. The Morgan fingerprint density at radius 1 is 0.953 bits per heavy atom. The number of nitrogens with one attached hydrogen (secondary N) is 1. The summed E-state index contributed by atoms with van der Waals surface area (Å²) in [6, 6.07) is 14.7. The SMILES string of the molecule is CCCNC(=O)[C@H](CC)N(Cc1cccc(C)c1)C(=O)CN(c1ccc(Cl)c(C(F)(F)F)c1)S(=O)(=O)c1ccc(C)cc1. The van der Waals surface area contributed by atoms with E-state index in [1.807, 2.05) is 26.0 Å². The Bertz CT molecular complexity index is 1550. The average molecular weight is 638 g/mol. The Balaban J connectivity index is 2.15. The summed E-state index contributed by atoms with van der Waals surface area (Å²) in [5.41, 5.74) is 0.738. The van der Waals surface area contributed by atoms with Gasteiger partial charge in [-0.1, -0.05) is 73.0 Å². The Kier molecular flexibility index (Phi) is 11.3. The van der Waals surface area contributed by atoms with Crippen molar-refractivity contribution < 1.29 is 31.2 Å². The first-order valence-electron chi connectivity index (χ1n) is 13.8. The summed E-state index contributed by atoms with van der Waals surface area (Å²) >= 11 is 5.82. The summed E-state index contributed by atoms with van der Waals surface area (Å²) in [4.78, 5) is 28.3. The molecular formula is C31H35ClF3N3O4S. The van der Waals surface area contributed by atoms with Gasteiger partial charge in [-0.15, -0.1) is 0 Å². The van der Waals surface area contributed by atoms with Gasteiger partial charge in [-0.3, -0.25) is 13.9 Å². The summed E-state index contributed by atoms with van der Waals surface area (Å²) in [5.74, 6) is -1.18. The number of anilines is 1. The van der Waals surface area contributed by atoms with E-state index in [2.05, 4.69) is 5.32 Å². The lowest BCUT2D eigenvalue weighted by atomic mass is 10.1. The number of rotatable bonds is 12. The number of aryl methyl sites for hydroxylation is 2. The lowest BCUT2D eigenvalue weighted by Gasteiger charge is -2.33. The first-order valence-corrected chi connectivity index (χ1v) is 15.6. The topological polar surface area (TPSA) is 86.8 Å². The molecule has 0 heterocycles. The molecule has 1 N–H and O–H groups in total. The predicted octanol–water partition coefficient (Wildman–Crippen LogP) is 6.50. The minimum absolute atomic E-state index is 0.0224. The molecule has 3 rings (SSSR count). The largest absolute Gasteiger partial charge is 0.417 e. The third-order valence-corrected chi connectivity index (χ3v) is 8.92. The highest BCUT2D eigenvalue weighted by Gasteiger charge is 2.37. The van der Waals surface area contributed by atoms with Gasteiger partial charge in [-0.2, -0.15) is 13.2 Å². The van der Waals surface area contributed by atoms with Crippen LogP contribution in [-0.2, 0) is 32.3 Å². The Hall–Kier alpha value is -3.57. The van der Waals surface area contributed by atoms with Crippen molar-refractivity contribution in [2.75, 3.05) is 17.4 Å². The number of amides is 2. The van der Waals surface area contributed by atoms with E-state index in [0.717, 1.165) is 23.3 Å². The van der Waals surface area contributed by atoms with E-state index in [4.69, 9.17) is 11.6 Å². The fourth-order valence-electron chi connectivity index (χ4n) is 4.54. The molecule has 43 heavy (non-hydrogen) atoms. The first-order chi connectivity index (χ1) is 20.2. The molecule has 0 aromatic heterocycles. The van der Waals surface area contributed by atoms with Crippen LogP contribution >= 0.6 is 11.6 Å². The summed E-state index contributed by atoms with van der Waals surface area (Å²) in [6.45, 7) is 6.72. The monoisotopic (exact) mass is 637 g/mol. The molecule has 0 bridgehead atoms. The number of hydrogen-bond donors (Lipinski definition) is 1. The van der Waals surface area contributed by atoms with Gasteiger partial charge in [0.25, 0.3) is 10.0 Å². The molecule has 0 aliphatic heterocycles. The molecule has 7 nitrogen and oxygen atoms in total. The Morgan fingerprint density at radius 3 is 2.21 bits per heavy atom. The van der Waals surface area contributed by atoms with Gasteiger partial charge >= 0.3 is 6.18 Å². The van der Waals surface area contributed by atoms with E-state index in [1.165, 1.54) is 17.0 Å². The number of carbonyl (C=O) groups excluding carboxylic acids is 2. The van der Waals surface area contributed by atoms with E-state index in [1.54, 1.807) is 38.1 Å². The van der Waals surface area contributed by atoms with Crippen LogP contribution in [-0.4, -0.2) is 44.3 Å². The van der Waals surface area contributed by atoms with Crippen molar-refractivity contribution in [3.63, 3.8) is 0 Å². The van der Waals surface area contributed by atoms with Crippen molar-refractivity contribution >= 4 is 39.1 Å².